The molecule has 0 unspecified atom stereocenters. The summed E-state index contributed by atoms with van der Waals surface area (Å²) in [6, 6.07) is 0. The standard InChI is InChI=1S/C7H6N2O2S/c10-6-5(2-1-3-12)4-8-7(11)9-6/h4,12H,3H2,(H2,8,9,10,11). The average molecular weight is 182 g/mol. The van der Waals surface area contributed by atoms with Gasteiger partial charge in [-0.15, -0.1) is 0 Å². The summed E-state index contributed by atoms with van der Waals surface area (Å²) in [5.41, 5.74) is -0.770. The Labute approximate surface area is 73.4 Å². The Morgan fingerprint density at radius 2 is 2.25 bits per heavy atom. The molecule has 1 heterocycles. The molecule has 0 aliphatic carbocycles. The first-order chi connectivity index (χ1) is 5.74. The molecule has 0 aliphatic heterocycles. The van der Waals surface area contributed by atoms with Crippen LogP contribution in [0.2, 0.25) is 0 Å². The SMILES string of the molecule is O=c1[nH]cc(C#CCS)c(=O)[nH]1. The zero-order chi connectivity index (χ0) is 8.97. The first-order valence-electron chi connectivity index (χ1n) is 3.16. The Balaban J connectivity index is 3.19. The van der Waals surface area contributed by atoms with E-state index in [-0.39, 0.29) is 5.56 Å². The smallest absolute Gasteiger partial charge is 0.313 e. The summed E-state index contributed by atoms with van der Waals surface area (Å²) >= 11 is 3.85. The van der Waals surface area contributed by atoms with Crippen LogP contribution in [0.5, 0.6) is 0 Å². The molecular formula is C7H6N2O2S. The van der Waals surface area contributed by atoms with Gasteiger partial charge in [-0.2, -0.15) is 12.6 Å². The van der Waals surface area contributed by atoms with Crippen LogP contribution in [0.4, 0.5) is 0 Å². The van der Waals surface area contributed by atoms with Crippen LogP contribution < -0.4 is 11.2 Å². The van der Waals surface area contributed by atoms with Crippen LogP contribution in [-0.2, 0) is 0 Å². The Kier molecular flexibility index (Phi) is 2.77. The second-order valence-corrected chi connectivity index (χ2v) is 2.26. The summed E-state index contributed by atoms with van der Waals surface area (Å²) in [7, 11) is 0. The van der Waals surface area contributed by atoms with Gasteiger partial charge in [0.2, 0.25) is 0 Å². The fraction of sp³-hybridized carbons (Fsp3) is 0.143. The van der Waals surface area contributed by atoms with Crippen LogP contribution in [0.1, 0.15) is 5.56 Å². The lowest BCUT2D eigenvalue weighted by Crippen LogP contribution is -2.23. The van der Waals surface area contributed by atoms with Gasteiger partial charge in [-0.1, -0.05) is 11.8 Å². The lowest BCUT2D eigenvalue weighted by Gasteiger charge is -1.85. The van der Waals surface area contributed by atoms with Crippen molar-refractivity contribution in [1.29, 1.82) is 0 Å². The monoisotopic (exact) mass is 182 g/mol. The Morgan fingerprint density at radius 1 is 1.50 bits per heavy atom. The third kappa shape index (κ3) is 2.04. The van der Waals surface area contributed by atoms with Crippen molar-refractivity contribution >= 4 is 12.6 Å². The van der Waals surface area contributed by atoms with E-state index in [1.54, 1.807) is 0 Å². The van der Waals surface area contributed by atoms with Gasteiger partial charge in [0.05, 0.1) is 5.75 Å². The molecule has 2 N–H and O–H groups in total. The molecule has 1 aromatic rings. The molecule has 1 rings (SSSR count). The van der Waals surface area contributed by atoms with Gasteiger partial charge in [0.15, 0.2) is 0 Å². The summed E-state index contributed by atoms with van der Waals surface area (Å²) in [5, 5.41) is 0. The number of aromatic amines is 2. The Morgan fingerprint density at radius 3 is 2.83 bits per heavy atom. The van der Waals surface area contributed by atoms with Crippen molar-refractivity contribution in [2.45, 2.75) is 0 Å². The number of hydrogen-bond donors (Lipinski definition) is 3. The largest absolute Gasteiger partial charge is 0.325 e. The lowest BCUT2D eigenvalue weighted by molar-refractivity contribution is 1.03. The Bertz CT molecular complexity index is 435. The minimum atomic E-state index is -0.531. The maximum atomic E-state index is 10.9. The minimum Gasteiger partial charge on any atom is -0.313 e. The molecule has 0 atom stereocenters. The normalized spacial score (nSPS) is 8.75. The van der Waals surface area contributed by atoms with Gasteiger partial charge >= 0.3 is 5.69 Å². The van der Waals surface area contributed by atoms with Gasteiger partial charge < -0.3 is 4.98 Å². The summed E-state index contributed by atoms with van der Waals surface area (Å²) in [4.78, 5) is 25.8. The maximum Gasteiger partial charge on any atom is 0.325 e. The predicted molar refractivity (Wildman–Crippen MR) is 48.4 cm³/mol. The molecule has 0 fully saturated rings. The van der Waals surface area contributed by atoms with Crippen molar-refractivity contribution in [2.24, 2.45) is 0 Å². The molecule has 0 aliphatic rings. The molecule has 0 aromatic carbocycles. The summed E-state index contributed by atoms with van der Waals surface area (Å²) in [6.07, 6.45) is 1.28. The molecule has 0 amide bonds. The Hall–Kier alpha value is -1.41. The number of aromatic nitrogens is 2. The van der Waals surface area contributed by atoms with Crippen LogP contribution in [0, 0.1) is 11.8 Å². The van der Waals surface area contributed by atoms with Crippen LogP contribution >= 0.6 is 12.6 Å². The lowest BCUT2D eigenvalue weighted by atomic mass is 10.3. The van der Waals surface area contributed by atoms with E-state index in [0.29, 0.717) is 5.75 Å². The van der Waals surface area contributed by atoms with Crippen LogP contribution in [0.25, 0.3) is 0 Å². The third-order valence-electron chi connectivity index (χ3n) is 1.12. The van der Waals surface area contributed by atoms with Crippen LogP contribution in [0.3, 0.4) is 0 Å². The van der Waals surface area contributed by atoms with Crippen molar-refractivity contribution in [3.05, 3.63) is 32.6 Å². The van der Waals surface area contributed by atoms with Crippen molar-refractivity contribution < 1.29 is 0 Å². The molecule has 0 bridgehead atoms. The highest BCUT2D eigenvalue weighted by atomic mass is 32.1. The van der Waals surface area contributed by atoms with E-state index >= 15 is 0 Å². The molecule has 1 aromatic heterocycles. The average Bonchev–Trinajstić information content (AvgIpc) is 2.03. The number of H-pyrrole nitrogens is 2. The summed E-state index contributed by atoms with van der Waals surface area (Å²) in [5.74, 6) is 5.52. The van der Waals surface area contributed by atoms with Crippen molar-refractivity contribution in [1.82, 2.24) is 9.97 Å². The molecule has 0 saturated heterocycles. The molecule has 5 heteroatoms. The van der Waals surface area contributed by atoms with Gasteiger partial charge in [-0.3, -0.25) is 9.78 Å². The highest BCUT2D eigenvalue weighted by Gasteiger charge is 1.93. The number of hydrogen-bond acceptors (Lipinski definition) is 3. The molecule has 4 nitrogen and oxygen atoms in total. The van der Waals surface area contributed by atoms with E-state index in [1.807, 2.05) is 0 Å². The fourth-order valence-electron chi connectivity index (χ4n) is 0.637. The van der Waals surface area contributed by atoms with Crippen molar-refractivity contribution in [3.8, 4) is 11.8 Å². The van der Waals surface area contributed by atoms with Gasteiger partial charge in [0.1, 0.15) is 5.56 Å². The van der Waals surface area contributed by atoms with E-state index in [1.165, 1.54) is 6.20 Å². The fourth-order valence-corrected chi connectivity index (χ4v) is 0.716. The van der Waals surface area contributed by atoms with E-state index in [9.17, 15) is 9.59 Å². The molecular weight excluding hydrogens is 176 g/mol. The predicted octanol–water partition coefficient (Wildman–Crippen LogP) is -0.655. The van der Waals surface area contributed by atoms with E-state index < -0.39 is 11.2 Å². The second kappa shape index (κ2) is 3.83. The number of thiol groups is 1. The van der Waals surface area contributed by atoms with Gasteiger partial charge in [-0.05, 0) is 0 Å². The molecule has 62 valence electrons. The summed E-state index contributed by atoms with van der Waals surface area (Å²) in [6.45, 7) is 0. The molecule has 12 heavy (non-hydrogen) atoms. The molecule has 0 radical (unpaired) electrons. The highest BCUT2D eigenvalue weighted by Crippen LogP contribution is 1.78. The van der Waals surface area contributed by atoms with Crippen molar-refractivity contribution in [3.63, 3.8) is 0 Å². The second-order valence-electron chi connectivity index (χ2n) is 1.95. The minimum absolute atomic E-state index is 0.239. The van der Waals surface area contributed by atoms with Crippen molar-refractivity contribution in [2.75, 3.05) is 5.75 Å². The first kappa shape index (κ1) is 8.68. The number of rotatable bonds is 0. The van der Waals surface area contributed by atoms with E-state index in [4.69, 9.17) is 0 Å². The summed E-state index contributed by atoms with van der Waals surface area (Å²) < 4.78 is 0. The van der Waals surface area contributed by atoms with Crippen LogP contribution in [0.15, 0.2) is 15.8 Å². The highest BCUT2D eigenvalue weighted by molar-refractivity contribution is 7.80. The topological polar surface area (TPSA) is 65.7 Å². The van der Waals surface area contributed by atoms with Gasteiger partial charge in [0.25, 0.3) is 5.56 Å². The maximum absolute atomic E-state index is 10.9. The molecule has 0 saturated carbocycles. The quantitative estimate of drug-likeness (QED) is 0.368. The number of nitrogens with one attached hydrogen (secondary N) is 2. The van der Waals surface area contributed by atoms with Gasteiger partial charge in [0, 0.05) is 6.20 Å². The first-order valence-corrected chi connectivity index (χ1v) is 3.79. The van der Waals surface area contributed by atoms with E-state index in [2.05, 4.69) is 34.4 Å². The zero-order valence-corrected chi connectivity index (χ0v) is 6.94. The third-order valence-corrected chi connectivity index (χ3v) is 1.28. The zero-order valence-electron chi connectivity index (χ0n) is 6.05. The molecule has 0 spiro atoms. The van der Waals surface area contributed by atoms with Gasteiger partial charge in [-0.25, -0.2) is 4.79 Å². The van der Waals surface area contributed by atoms with E-state index in [0.717, 1.165) is 0 Å². The van der Waals surface area contributed by atoms with Crippen LogP contribution in [-0.4, -0.2) is 15.7 Å².